The molecule has 2 rings (SSSR count). The van der Waals surface area contributed by atoms with Crippen molar-refractivity contribution >= 4 is 23.3 Å². The maximum atomic E-state index is 13.0. The van der Waals surface area contributed by atoms with E-state index in [1.165, 1.54) is 0 Å². The van der Waals surface area contributed by atoms with Crippen LogP contribution in [0.5, 0.6) is 0 Å². The van der Waals surface area contributed by atoms with Crippen molar-refractivity contribution in [3.63, 3.8) is 0 Å². The first-order valence-electron chi connectivity index (χ1n) is 10.1. The number of ketones is 1. The van der Waals surface area contributed by atoms with E-state index in [0.717, 1.165) is 5.56 Å². The number of nitrogens with one attached hydrogen (secondary N) is 2. The van der Waals surface area contributed by atoms with Crippen LogP contribution >= 0.6 is 0 Å². The second-order valence-corrected chi connectivity index (χ2v) is 8.86. The number of benzene rings is 1. The molecule has 0 fully saturated rings. The molecule has 2 N–H and O–H groups in total. The van der Waals surface area contributed by atoms with Crippen molar-refractivity contribution < 1.29 is 14.4 Å². The number of aryl methyl sites for hydroxylation is 1. The molecule has 0 saturated carbocycles. The van der Waals surface area contributed by atoms with Gasteiger partial charge in [-0.1, -0.05) is 32.8 Å². The van der Waals surface area contributed by atoms with E-state index in [-0.39, 0.29) is 11.3 Å². The monoisotopic (exact) mass is 432 g/mol. The molecule has 0 spiro atoms. The zero-order chi connectivity index (χ0) is 24.4. The van der Waals surface area contributed by atoms with Gasteiger partial charge in [-0.05, 0) is 49.4 Å². The summed E-state index contributed by atoms with van der Waals surface area (Å²) in [5.74, 6) is 0.495. The van der Waals surface area contributed by atoms with Gasteiger partial charge in [0.1, 0.15) is 5.69 Å². The second kappa shape index (κ2) is 9.11. The van der Waals surface area contributed by atoms with Crippen molar-refractivity contribution in [3.05, 3.63) is 51.8 Å². The SMILES string of the molecule is C#C[C@@H](NC(=O)C(=O)c1c(C)c(C(=O)Nc2ccc(C)c(C#N)c2)n(C)c1C)C(C)(C)C. The number of rotatable bonds is 5. The second-order valence-electron chi connectivity index (χ2n) is 8.86. The summed E-state index contributed by atoms with van der Waals surface area (Å²) in [5.41, 5.74) is 2.59. The van der Waals surface area contributed by atoms with Crippen molar-refractivity contribution in [2.75, 3.05) is 5.32 Å². The molecular formula is C25H28N4O3. The number of carbonyl (C=O) groups excluding carboxylic acids is 3. The van der Waals surface area contributed by atoms with Gasteiger partial charge in [-0.2, -0.15) is 5.26 Å². The minimum Gasteiger partial charge on any atom is -0.343 e. The number of nitrogens with zero attached hydrogens (tertiary/aromatic N) is 2. The molecule has 2 aromatic rings. The summed E-state index contributed by atoms with van der Waals surface area (Å²) >= 11 is 0. The van der Waals surface area contributed by atoms with Gasteiger partial charge in [-0.15, -0.1) is 6.42 Å². The van der Waals surface area contributed by atoms with Crippen molar-refractivity contribution in [1.82, 2.24) is 9.88 Å². The molecule has 0 saturated heterocycles. The minimum atomic E-state index is -0.816. The Morgan fingerprint density at radius 1 is 1.16 bits per heavy atom. The fourth-order valence-electron chi connectivity index (χ4n) is 3.46. The Labute approximate surface area is 188 Å². The number of Topliss-reactive ketones (excluding diaryl/α,β-unsaturated/α-hetero) is 1. The fourth-order valence-corrected chi connectivity index (χ4v) is 3.46. The van der Waals surface area contributed by atoms with E-state index in [9.17, 15) is 19.6 Å². The van der Waals surface area contributed by atoms with E-state index in [1.54, 1.807) is 43.7 Å². The quantitative estimate of drug-likeness (QED) is 0.429. The van der Waals surface area contributed by atoms with Crippen LogP contribution in [-0.4, -0.2) is 28.2 Å². The highest BCUT2D eigenvalue weighted by Gasteiger charge is 2.31. The highest BCUT2D eigenvalue weighted by Crippen LogP contribution is 2.24. The van der Waals surface area contributed by atoms with E-state index in [2.05, 4.69) is 22.6 Å². The van der Waals surface area contributed by atoms with Crippen LogP contribution in [0.15, 0.2) is 18.2 Å². The summed E-state index contributed by atoms with van der Waals surface area (Å²) in [6.45, 7) is 10.7. The van der Waals surface area contributed by atoms with E-state index < -0.39 is 29.1 Å². The first-order chi connectivity index (χ1) is 14.8. The Hall–Kier alpha value is -3.84. The Morgan fingerprint density at radius 3 is 2.31 bits per heavy atom. The molecule has 1 heterocycles. The predicted octanol–water partition coefficient (Wildman–Crippen LogP) is 3.42. The standard InChI is InChI=1S/C25H28N4O3/c1-9-19(25(5,6)7)28-24(32)22(30)20-15(3)21(29(8)16(20)4)23(31)27-18-11-10-14(2)17(12-18)13-26/h1,10-12,19H,2-8H3,(H,27,31)(H,28,32)/t19-/m1/s1. The molecule has 0 aliphatic carbocycles. The van der Waals surface area contributed by atoms with Gasteiger partial charge >= 0.3 is 0 Å². The number of terminal acetylenes is 1. The van der Waals surface area contributed by atoms with Crippen molar-refractivity contribution in [1.29, 1.82) is 5.26 Å². The number of aromatic nitrogens is 1. The maximum Gasteiger partial charge on any atom is 0.293 e. The summed E-state index contributed by atoms with van der Waals surface area (Å²) in [4.78, 5) is 38.6. The number of amides is 2. The molecule has 2 amide bonds. The highest BCUT2D eigenvalue weighted by atomic mass is 16.2. The molecule has 32 heavy (non-hydrogen) atoms. The molecule has 7 heteroatoms. The van der Waals surface area contributed by atoms with Crippen molar-refractivity contribution in [3.8, 4) is 18.4 Å². The average Bonchev–Trinajstić information content (AvgIpc) is 2.94. The van der Waals surface area contributed by atoms with E-state index in [4.69, 9.17) is 6.42 Å². The lowest BCUT2D eigenvalue weighted by Crippen LogP contribution is -2.45. The van der Waals surface area contributed by atoms with Gasteiger partial charge in [-0.25, -0.2) is 0 Å². The molecule has 0 unspecified atom stereocenters. The smallest absolute Gasteiger partial charge is 0.293 e. The molecule has 0 aliphatic rings. The Morgan fingerprint density at radius 2 is 1.78 bits per heavy atom. The lowest BCUT2D eigenvalue weighted by atomic mass is 9.87. The van der Waals surface area contributed by atoms with Crippen LogP contribution in [0, 0.1) is 49.9 Å². The third-order valence-electron chi connectivity index (χ3n) is 5.50. The normalized spacial score (nSPS) is 11.8. The van der Waals surface area contributed by atoms with Crippen LogP contribution in [0.25, 0.3) is 0 Å². The van der Waals surface area contributed by atoms with Crippen LogP contribution in [0.4, 0.5) is 5.69 Å². The Kier molecular flexibility index (Phi) is 6.96. The minimum absolute atomic E-state index is 0.168. The molecule has 7 nitrogen and oxygen atoms in total. The largest absolute Gasteiger partial charge is 0.343 e. The third-order valence-corrected chi connectivity index (χ3v) is 5.50. The van der Waals surface area contributed by atoms with Crippen LogP contribution in [0.1, 0.15) is 64.0 Å². The fraction of sp³-hybridized carbons (Fsp3) is 0.360. The van der Waals surface area contributed by atoms with Gasteiger partial charge < -0.3 is 15.2 Å². The predicted molar refractivity (Wildman–Crippen MR) is 123 cm³/mol. The van der Waals surface area contributed by atoms with E-state index >= 15 is 0 Å². The maximum absolute atomic E-state index is 13.0. The number of nitriles is 1. The number of anilines is 1. The summed E-state index contributed by atoms with van der Waals surface area (Å²) in [6, 6.07) is 6.49. The molecule has 166 valence electrons. The van der Waals surface area contributed by atoms with E-state index in [1.807, 2.05) is 27.7 Å². The summed E-state index contributed by atoms with van der Waals surface area (Å²) < 4.78 is 1.58. The van der Waals surface area contributed by atoms with Gasteiger partial charge in [-0.3, -0.25) is 14.4 Å². The van der Waals surface area contributed by atoms with Crippen LogP contribution in [0.3, 0.4) is 0 Å². The van der Waals surface area contributed by atoms with Gasteiger partial charge in [0.25, 0.3) is 17.6 Å². The van der Waals surface area contributed by atoms with Crippen molar-refractivity contribution in [2.24, 2.45) is 12.5 Å². The molecule has 1 aromatic heterocycles. The molecule has 0 radical (unpaired) electrons. The Balaban J connectivity index is 2.37. The van der Waals surface area contributed by atoms with Gasteiger partial charge in [0.15, 0.2) is 0 Å². The van der Waals surface area contributed by atoms with Gasteiger partial charge in [0, 0.05) is 18.4 Å². The lowest BCUT2D eigenvalue weighted by Gasteiger charge is -2.26. The summed E-state index contributed by atoms with van der Waals surface area (Å²) in [7, 11) is 1.65. The average molecular weight is 433 g/mol. The molecule has 0 aliphatic heterocycles. The van der Waals surface area contributed by atoms with Gasteiger partial charge in [0.05, 0.1) is 23.2 Å². The lowest BCUT2D eigenvalue weighted by molar-refractivity contribution is -0.117. The zero-order valence-corrected chi connectivity index (χ0v) is 19.5. The van der Waals surface area contributed by atoms with Crippen LogP contribution in [-0.2, 0) is 11.8 Å². The topological polar surface area (TPSA) is 104 Å². The Bertz CT molecular complexity index is 1180. The molecule has 1 atom stereocenters. The number of hydrogen-bond donors (Lipinski definition) is 2. The van der Waals surface area contributed by atoms with Crippen molar-refractivity contribution in [2.45, 2.75) is 47.6 Å². The zero-order valence-electron chi connectivity index (χ0n) is 19.5. The summed E-state index contributed by atoms with van der Waals surface area (Å²) in [6.07, 6.45) is 5.52. The molecule has 1 aromatic carbocycles. The number of carbonyl (C=O) groups is 3. The van der Waals surface area contributed by atoms with E-state index in [0.29, 0.717) is 22.5 Å². The highest BCUT2D eigenvalue weighted by molar-refractivity contribution is 6.43. The number of hydrogen-bond acceptors (Lipinski definition) is 4. The van der Waals surface area contributed by atoms with Crippen LogP contribution in [0.2, 0.25) is 0 Å². The summed E-state index contributed by atoms with van der Waals surface area (Å²) in [5, 5.41) is 14.6. The first kappa shape index (κ1) is 24.4. The molecule has 0 bridgehead atoms. The third kappa shape index (κ3) is 4.73. The molecular weight excluding hydrogens is 404 g/mol. The van der Waals surface area contributed by atoms with Crippen LogP contribution < -0.4 is 10.6 Å². The van der Waals surface area contributed by atoms with Gasteiger partial charge in [0.2, 0.25) is 0 Å². The first-order valence-corrected chi connectivity index (χ1v) is 10.1.